The van der Waals surface area contributed by atoms with Crippen molar-refractivity contribution in [3.63, 3.8) is 0 Å². The van der Waals surface area contributed by atoms with Crippen LogP contribution in [0, 0.1) is 11.3 Å². The molecule has 0 amide bonds. The van der Waals surface area contributed by atoms with E-state index in [-0.39, 0.29) is 17.3 Å². The Balaban J connectivity index is 1.46. The van der Waals surface area contributed by atoms with Crippen LogP contribution in [0.1, 0.15) is 80.6 Å². The molecule has 0 saturated heterocycles. The standard InChI is InChI=1S/C27H34O3/c1-2-14-27(15-7-16-27)26(29)22-11-6-10-21(17-22)25-23(12-13-24(25)28)19-30-18-20-8-4-3-5-9-20/h3-6,8-11,17,23,25-26,29H,2,7,12-16,18-19H2,1H3. The molecule has 3 atom stereocenters. The number of ketones is 1. The summed E-state index contributed by atoms with van der Waals surface area (Å²) < 4.78 is 5.99. The second-order valence-corrected chi connectivity index (χ2v) is 9.28. The van der Waals surface area contributed by atoms with E-state index in [1.54, 1.807) is 0 Å². The summed E-state index contributed by atoms with van der Waals surface area (Å²) in [6, 6.07) is 18.4. The summed E-state index contributed by atoms with van der Waals surface area (Å²) in [4.78, 5) is 12.7. The van der Waals surface area contributed by atoms with Gasteiger partial charge in [-0.05, 0) is 48.3 Å². The number of carbonyl (C=O) groups excluding carboxylic acids is 1. The van der Waals surface area contributed by atoms with Crippen molar-refractivity contribution < 1.29 is 14.6 Å². The zero-order valence-electron chi connectivity index (χ0n) is 18.1. The molecule has 30 heavy (non-hydrogen) atoms. The Labute approximate surface area is 180 Å². The molecule has 0 radical (unpaired) electrons. The van der Waals surface area contributed by atoms with E-state index in [1.807, 2.05) is 30.3 Å². The van der Waals surface area contributed by atoms with Crippen molar-refractivity contribution in [3.8, 4) is 0 Å². The average Bonchev–Trinajstić information content (AvgIpc) is 3.11. The van der Waals surface area contributed by atoms with Gasteiger partial charge in [-0.15, -0.1) is 0 Å². The SMILES string of the molecule is CCCC1(C(O)c2cccc(C3C(=O)CCC3COCc3ccccc3)c2)CCC1. The highest BCUT2D eigenvalue weighted by Crippen LogP contribution is 2.53. The molecule has 2 fully saturated rings. The van der Waals surface area contributed by atoms with Crippen molar-refractivity contribution in [3.05, 3.63) is 71.3 Å². The minimum Gasteiger partial charge on any atom is -0.388 e. The number of aliphatic hydroxyl groups excluding tert-OH is 1. The average molecular weight is 407 g/mol. The highest BCUT2D eigenvalue weighted by atomic mass is 16.5. The van der Waals surface area contributed by atoms with E-state index in [9.17, 15) is 9.90 Å². The molecule has 2 saturated carbocycles. The topological polar surface area (TPSA) is 46.5 Å². The maximum atomic E-state index is 12.7. The molecule has 0 spiro atoms. The van der Waals surface area contributed by atoms with Crippen molar-refractivity contribution in [2.45, 2.75) is 70.5 Å². The van der Waals surface area contributed by atoms with Gasteiger partial charge in [0.25, 0.3) is 0 Å². The van der Waals surface area contributed by atoms with E-state index in [0.717, 1.165) is 48.8 Å². The first-order chi connectivity index (χ1) is 14.6. The summed E-state index contributed by atoms with van der Waals surface area (Å²) in [7, 11) is 0. The second kappa shape index (κ2) is 9.45. The van der Waals surface area contributed by atoms with E-state index in [0.29, 0.717) is 25.4 Å². The molecule has 3 heteroatoms. The third kappa shape index (κ3) is 4.38. The number of Topliss-reactive ketones (excluding diaryl/α,β-unsaturated/α-hetero) is 1. The highest BCUT2D eigenvalue weighted by Gasteiger charge is 2.43. The Hall–Kier alpha value is -1.97. The lowest BCUT2D eigenvalue weighted by Gasteiger charge is -2.46. The smallest absolute Gasteiger partial charge is 0.140 e. The first-order valence-electron chi connectivity index (χ1n) is 11.6. The number of rotatable bonds is 9. The van der Waals surface area contributed by atoms with Crippen LogP contribution in [0.3, 0.4) is 0 Å². The van der Waals surface area contributed by atoms with Gasteiger partial charge in [0, 0.05) is 17.8 Å². The largest absolute Gasteiger partial charge is 0.388 e. The molecule has 0 bridgehead atoms. The van der Waals surface area contributed by atoms with Crippen LogP contribution in [0.4, 0.5) is 0 Å². The zero-order chi connectivity index (χ0) is 21.0. The zero-order valence-corrected chi connectivity index (χ0v) is 18.1. The fraction of sp³-hybridized carbons (Fsp3) is 0.519. The van der Waals surface area contributed by atoms with Gasteiger partial charge in [-0.3, -0.25) is 4.79 Å². The maximum Gasteiger partial charge on any atom is 0.140 e. The van der Waals surface area contributed by atoms with Gasteiger partial charge in [-0.2, -0.15) is 0 Å². The number of carbonyl (C=O) groups is 1. The molecule has 2 aromatic carbocycles. The van der Waals surface area contributed by atoms with Crippen LogP contribution in [0.25, 0.3) is 0 Å². The van der Waals surface area contributed by atoms with Crippen LogP contribution < -0.4 is 0 Å². The molecule has 3 unspecified atom stereocenters. The summed E-state index contributed by atoms with van der Waals surface area (Å²) in [5.41, 5.74) is 3.22. The van der Waals surface area contributed by atoms with Crippen molar-refractivity contribution in [2.75, 3.05) is 6.61 Å². The molecular formula is C27H34O3. The monoisotopic (exact) mass is 406 g/mol. The van der Waals surface area contributed by atoms with E-state index in [1.165, 1.54) is 6.42 Å². The van der Waals surface area contributed by atoms with Gasteiger partial charge < -0.3 is 9.84 Å². The fourth-order valence-electron chi connectivity index (χ4n) is 5.52. The van der Waals surface area contributed by atoms with Gasteiger partial charge in [0.1, 0.15) is 5.78 Å². The summed E-state index contributed by atoms with van der Waals surface area (Å²) in [6.45, 7) is 3.37. The van der Waals surface area contributed by atoms with Gasteiger partial charge in [0.05, 0.1) is 19.3 Å². The van der Waals surface area contributed by atoms with E-state index in [4.69, 9.17) is 4.74 Å². The lowest BCUT2D eigenvalue weighted by molar-refractivity contribution is -0.119. The quantitative estimate of drug-likeness (QED) is 0.558. The van der Waals surface area contributed by atoms with Crippen LogP contribution >= 0.6 is 0 Å². The number of benzene rings is 2. The molecule has 2 aromatic rings. The molecule has 1 N–H and O–H groups in total. The predicted molar refractivity (Wildman–Crippen MR) is 119 cm³/mol. The van der Waals surface area contributed by atoms with Gasteiger partial charge in [-0.25, -0.2) is 0 Å². The van der Waals surface area contributed by atoms with Gasteiger partial charge in [0.15, 0.2) is 0 Å². The lowest BCUT2D eigenvalue weighted by Crippen LogP contribution is -2.36. The Morgan fingerprint density at radius 2 is 1.93 bits per heavy atom. The minimum absolute atomic E-state index is 0.0330. The Bertz CT molecular complexity index is 840. The second-order valence-electron chi connectivity index (χ2n) is 9.28. The summed E-state index contributed by atoms with van der Waals surface area (Å²) in [6.07, 6.45) is 6.64. The van der Waals surface area contributed by atoms with E-state index in [2.05, 4.69) is 31.2 Å². The number of hydrogen-bond acceptors (Lipinski definition) is 3. The van der Waals surface area contributed by atoms with Gasteiger partial charge in [0.2, 0.25) is 0 Å². The van der Waals surface area contributed by atoms with Crippen LogP contribution in [0.5, 0.6) is 0 Å². The molecule has 0 aromatic heterocycles. The fourth-order valence-corrected chi connectivity index (χ4v) is 5.52. The minimum atomic E-state index is -0.435. The third-order valence-corrected chi connectivity index (χ3v) is 7.29. The van der Waals surface area contributed by atoms with Crippen molar-refractivity contribution >= 4 is 5.78 Å². The molecule has 160 valence electrons. The summed E-state index contributed by atoms with van der Waals surface area (Å²) in [5.74, 6) is 0.403. The van der Waals surface area contributed by atoms with Crippen LogP contribution in [-0.4, -0.2) is 17.5 Å². The molecule has 4 rings (SSSR count). The van der Waals surface area contributed by atoms with E-state index < -0.39 is 6.10 Å². The van der Waals surface area contributed by atoms with Crippen molar-refractivity contribution in [2.24, 2.45) is 11.3 Å². The summed E-state index contributed by atoms with van der Waals surface area (Å²) in [5, 5.41) is 11.2. The Morgan fingerprint density at radius 3 is 2.63 bits per heavy atom. The van der Waals surface area contributed by atoms with Crippen LogP contribution in [0.15, 0.2) is 54.6 Å². The number of ether oxygens (including phenoxy) is 1. The molecule has 0 aliphatic heterocycles. The van der Waals surface area contributed by atoms with Gasteiger partial charge in [-0.1, -0.05) is 74.4 Å². The van der Waals surface area contributed by atoms with Crippen LogP contribution in [-0.2, 0) is 16.1 Å². The maximum absolute atomic E-state index is 12.7. The Kier molecular flexibility index (Phi) is 6.70. The van der Waals surface area contributed by atoms with Crippen molar-refractivity contribution in [1.29, 1.82) is 0 Å². The normalized spacial score (nSPS) is 23.9. The Morgan fingerprint density at radius 1 is 1.13 bits per heavy atom. The molecule has 3 nitrogen and oxygen atoms in total. The predicted octanol–water partition coefficient (Wildman–Crippen LogP) is 5.97. The molecular weight excluding hydrogens is 372 g/mol. The van der Waals surface area contributed by atoms with Gasteiger partial charge >= 0.3 is 0 Å². The number of hydrogen-bond donors (Lipinski definition) is 1. The highest BCUT2D eigenvalue weighted by molar-refractivity contribution is 5.88. The van der Waals surface area contributed by atoms with Crippen LogP contribution in [0.2, 0.25) is 0 Å². The molecule has 0 heterocycles. The summed E-state index contributed by atoms with van der Waals surface area (Å²) >= 11 is 0. The van der Waals surface area contributed by atoms with E-state index >= 15 is 0 Å². The van der Waals surface area contributed by atoms with Crippen molar-refractivity contribution in [1.82, 2.24) is 0 Å². The number of aliphatic hydroxyl groups is 1. The third-order valence-electron chi connectivity index (χ3n) is 7.29. The lowest BCUT2D eigenvalue weighted by atomic mass is 9.61. The first kappa shape index (κ1) is 21.3. The molecule has 2 aliphatic carbocycles. The first-order valence-corrected chi connectivity index (χ1v) is 11.6. The molecule has 2 aliphatic rings.